The molecule has 0 spiro atoms. The van der Waals surface area contributed by atoms with E-state index in [1.54, 1.807) is 9.80 Å². The number of sulfone groups is 1. The maximum atomic E-state index is 13.1. The summed E-state index contributed by atoms with van der Waals surface area (Å²) >= 11 is 0. The first-order valence-corrected chi connectivity index (χ1v) is 12.6. The van der Waals surface area contributed by atoms with Gasteiger partial charge >= 0.3 is 12.1 Å². The second-order valence-electron chi connectivity index (χ2n) is 8.84. The quantitative estimate of drug-likeness (QED) is 0.691. The molecule has 1 N–H and O–H groups in total. The van der Waals surface area contributed by atoms with Gasteiger partial charge < -0.3 is 15.1 Å². The lowest BCUT2D eigenvalue weighted by atomic mass is 10.1. The molecular formula is C21H26N4O5S. The van der Waals surface area contributed by atoms with Crippen LogP contribution >= 0.6 is 0 Å². The topological polar surface area (TPSA) is 107 Å². The highest BCUT2D eigenvalue weighted by atomic mass is 32.2. The van der Waals surface area contributed by atoms with Crippen molar-refractivity contribution in [3.8, 4) is 0 Å². The van der Waals surface area contributed by atoms with Gasteiger partial charge in [0.1, 0.15) is 15.9 Å². The number of nitrogens with one attached hydrogen (secondary N) is 1. The van der Waals surface area contributed by atoms with Gasteiger partial charge in [0, 0.05) is 31.1 Å². The van der Waals surface area contributed by atoms with Gasteiger partial charge in [-0.1, -0.05) is 30.3 Å². The molecule has 5 amide bonds. The lowest BCUT2D eigenvalue weighted by Crippen LogP contribution is -2.58. The number of nitrogens with zero attached hydrogens (tertiary/aromatic N) is 3. The van der Waals surface area contributed by atoms with E-state index in [2.05, 4.69) is 5.32 Å². The first-order chi connectivity index (χ1) is 14.8. The number of hydrogen-bond donors (Lipinski definition) is 1. The largest absolute Gasteiger partial charge is 0.335 e. The number of hydrogen-bond acceptors (Lipinski definition) is 5. The van der Waals surface area contributed by atoms with Gasteiger partial charge in [0.05, 0.1) is 18.1 Å². The fourth-order valence-corrected chi connectivity index (χ4v) is 6.42. The monoisotopic (exact) mass is 446 g/mol. The van der Waals surface area contributed by atoms with Crippen molar-refractivity contribution in [2.45, 2.75) is 43.3 Å². The zero-order chi connectivity index (χ0) is 21.8. The molecule has 3 saturated heterocycles. The Morgan fingerprint density at radius 2 is 1.74 bits per heavy atom. The van der Waals surface area contributed by atoms with E-state index in [9.17, 15) is 22.8 Å². The van der Waals surface area contributed by atoms with Crippen molar-refractivity contribution in [2.75, 3.05) is 31.1 Å². The van der Waals surface area contributed by atoms with Gasteiger partial charge in [0.2, 0.25) is 0 Å². The van der Waals surface area contributed by atoms with Crippen LogP contribution in [0.5, 0.6) is 0 Å². The molecule has 1 aliphatic carbocycles. The van der Waals surface area contributed by atoms with Crippen LogP contribution < -0.4 is 5.32 Å². The number of piperazine rings is 1. The number of imide groups is 1. The molecule has 166 valence electrons. The maximum absolute atomic E-state index is 13.1. The predicted molar refractivity (Wildman–Crippen MR) is 112 cm³/mol. The highest BCUT2D eigenvalue weighted by Gasteiger charge is 2.56. The summed E-state index contributed by atoms with van der Waals surface area (Å²) in [6.45, 7) is 0.842. The third-order valence-electron chi connectivity index (χ3n) is 6.84. The van der Waals surface area contributed by atoms with Crippen molar-refractivity contribution in [1.29, 1.82) is 0 Å². The smallest absolute Gasteiger partial charge is 0.327 e. The Hall–Kier alpha value is -2.62. The van der Waals surface area contributed by atoms with Crippen LogP contribution in [-0.4, -0.2) is 90.4 Å². The third kappa shape index (κ3) is 3.77. The summed E-state index contributed by atoms with van der Waals surface area (Å²) in [6.07, 6.45) is 1.59. The second-order valence-corrected chi connectivity index (χ2v) is 11.1. The summed E-state index contributed by atoms with van der Waals surface area (Å²) in [7, 11) is -2.99. The van der Waals surface area contributed by atoms with Crippen molar-refractivity contribution in [1.82, 2.24) is 20.0 Å². The first kappa shape index (κ1) is 20.3. The van der Waals surface area contributed by atoms with Crippen LogP contribution in [0.1, 0.15) is 30.7 Å². The molecule has 3 atom stereocenters. The van der Waals surface area contributed by atoms with Gasteiger partial charge in [0.15, 0.2) is 0 Å². The Bertz CT molecular complexity index is 1000. The molecule has 0 aromatic heterocycles. The number of carbonyl (C=O) groups is 3. The minimum atomic E-state index is -2.99. The molecule has 1 saturated carbocycles. The summed E-state index contributed by atoms with van der Waals surface area (Å²) in [4.78, 5) is 43.3. The number of amides is 5. The molecule has 3 aliphatic heterocycles. The zero-order valence-corrected chi connectivity index (χ0v) is 18.0. The number of rotatable bonds is 3. The number of urea groups is 2. The highest BCUT2D eigenvalue weighted by Crippen LogP contribution is 2.46. The van der Waals surface area contributed by atoms with Crippen molar-refractivity contribution in [2.24, 2.45) is 0 Å². The van der Waals surface area contributed by atoms with Crippen LogP contribution in [0, 0.1) is 0 Å². The molecule has 31 heavy (non-hydrogen) atoms. The highest BCUT2D eigenvalue weighted by molar-refractivity contribution is 7.91. The molecule has 5 rings (SSSR count). The normalized spacial score (nSPS) is 30.3. The number of benzene rings is 1. The Morgan fingerprint density at radius 3 is 2.45 bits per heavy atom. The van der Waals surface area contributed by atoms with Gasteiger partial charge in [-0.3, -0.25) is 9.69 Å². The maximum Gasteiger partial charge on any atom is 0.327 e. The van der Waals surface area contributed by atoms with Crippen LogP contribution in [0.3, 0.4) is 0 Å². The molecular weight excluding hydrogens is 420 g/mol. The lowest BCUT2D eigenvalue weighted by molar-refractivity contribution is -0.129. The SMILES string of the molecule is O=C(NC1CCS(=O)(=O)CC1)N1CCN2C(=O)N([C@H]3C[C@@H]3c3ccccc3)C(=O)[C@@H]2C1. The van der Waals surface area contributed by atoms with Crippen LogP contribution in [0.25, 0.3) is 0 Å². The van der Waals surface area contributed by atoms with Gasteiger partial charge in [-0.2, -0.15) is 0 Å². The zero-order valence-electron chi connectivity index (χ0n) is 17.1. The predicted octanol–water partition coefficient (Wildman–Crippen LogP) is 0.778. The molecule has 10 heteroatoms. The Morgan fingerprint density at radius 1 is 1.03 bits per heavy atom. The van der Waals surface area contributed by atoms with E-state index in [0.717, 1.165) is 12.0 Å². The van der Waals surface area contributed by atoms with Crippen molar-refractivity contribution in [3.63, 3.8) is 0 Å². The summed E-state index contributed by atoms with van der Waals surface area (Å²) in [5.41, 5.74) is 1.13. The molecule has 0 bridgehead atoms. The Kier molecular flexibility index (Phi) is 4.91. The van der Waals surface area contributed by atoms with Gasteiger partial charge in [-0.05, 0) is 24.8 Å². The Labute approximate surface area is 181 Å². The van der Waals surface area contributed by atoms with Crippen LogP contribution in [0.15, 0.2) is 30.3 Å². The standard InChI is InChI=1S/C21H26N4O5S/c26-19-18-13-23(20(27)22-15-6-10-31(29,30)11-7-15)8-9-24(18)21(28)25(19)17-12-16(17)14-4-2-1-3-5-14/h1-5,15-18H,6-13H2,(H,22,27)/t16-,17+,18+/m1/s1. The lowest BCUT2D eigenvalue weighted by Gasteiger charge is -2.36. The first-order valence-electron chi connectivity index (χ1n) is 10.8. The Balaban J connectivity index is 1.21. The molecule has 0 unspecified atom stereocenters. The van der Waals surface area contributed by atoms with Crippen molar-refractivity contribution < 1.29 is 22.8 Å². The summed E-state index contributed by atoms with van der Waals surface area (Å²) in [5.74, 6) is 0.118. The second kappa shape index (κ2) is 7.51. The summed E-state index contributed by atoms with van der Waals surface area (Å²) < 4.78 is 23.2. The van der Waals surface area contributed by atoms with E-state index < -0.39 is 15.9 Å². The average Bonchev–Trinajstić information content (AvgIpc) is 3.51. The van der Waals surface area contributed by atoms with E-state index in [-0.39, 0.29) is 54.0 Å². The van der Waals surface area contributed by atoms with Gasteiger partial charge in [-0.15, -0.1) is 0 Å². The molecule has 4 fully saturated rings. The van der Waals surface area contributed by atoms with E-state index >= 15 is 0 Å². The van der Waals surface area contributed by atoms with E-state index in [1.807, 2.05) is 30.3 Å². The fourth-order valence-electron chi connectivity index (χ4n) is 4.93. The molecule has 4 aliphatic rings. The molecule has 1 aromatic rings. The van der Waals surface area contributed by atoms with Crippen molar-refractivity contribution in [3.05, 3.63) is 35.9 Å². The van der Waals surface area contributed by atoms with E-state index in [4.69, 9.17) is 0 Å². The average molecular weight is 447 g/mol. The fraction of sp³-hybridized carbons (Fsp3) is 0.571. The minimum absolute atomic E-state index is 0.0836. The number of fused-ring (bicyclic) bond motifs is 1. The van der Waals surface area contributed by atoms with Gasteiger partial charge in [0.25, 0.3) is 5.91 Å². The molecule has 9 nitrogen and oxygen atoms in total. The summed E-state index contributed by atoms with van der Waals surface area (Å²) in [5, 5.41) is 2.90. The van der Waals surface area contributed by atoms with E-state index in [1.165, 1.54) is 4.90 Å². The number of carbonyl (C=O) groups excluding carboxylic acids is 3. The summed E-state index contributed by atoms with van der Waals surface area (Å²) in [6, 6.07) is 8.42. The molecule has 0 radical (unpaired) electrons. The molecule has 1 aromatic carbocycles. The van der Waals surface area contributed by atoms with Crippen LogP contribution in [0.2, 0.25) is 0 Å². The molecule has 3 heterocycles. The van der Waals surface area contributed by atoms with Crippen LogP contribution in [-0.2, 0) is 14.6 Å². The van der Waals surface area contributed by atoms with E-state index in [0.29, 0.717) is 25.9 Å². The minimum Gasteiger partial charge on any atom is -0.335 e. The third-order valence-corrected chi connectivity index (χ3v) is 8.56. The van der Waals surface area contributed by atoms with Crippen molar-refractivity contribution >= 4 is 27.8 Å². The van der Waals surface area contributed by atoms with Crippen LogP contribution in [0.4, 0.5) is 9.59 Å². The van der Waals surface area contributed by atoms with Gasteiger partial charge in [-0.25, -0.2) is 18.0 Å².